The molecule has 1 unspecified atom stereocenters. The average Bonchev–Trinajstić information content (AvgIpc) is 3.10. The Morgan fingerprint density at radius 3 is 3.00 bits per heavy atom. The van der Waals surface area contributed by atoms with E-state index in [1.807, 2.05) is 0 Å². The molecule has 2 rings (SSSR count). The third-order valence-corrected chi connectivity index (χ3v) is 3.08. The maximum atomic E-state index is 11.5. The highest BCUT2D eigenvalue weighted by atomic mass is 16.5. The van der Waals surface area contributed by atoms with Gasteiger partial charge in [-0.25, -0.2) is 0 Å². The molecule has 1 atom stereocenters. The van der Waals surface area contributed by atoms with E-state index in [4.69, 9.17) is 10.5 Å². The Morgan fingerprint density at radius 1 is 1.50 bits per heavy atom. The third-order valence-electron chi connectivity index (χ3n) is 3.08. The van der Waals surface area contributed by atoms with Gasteiger partial charge in [-0.05, 0) is 12.8 Å². The van der Waals surface area contributed by atoms with Gasteiger partial charge >= 0.3 is 0 Å². The van der Waals surface area contributed by atoms with Crippen LogP contribution in [0.25, 0.3) is 0 Å². The number of nitrogens with one attached hydrogen (secondary N) is 1. The van der Waals surface area contributed by atoms with Crippen LogP contribution in [0.1, 0.15) is 19.3 Å². The first-order valence-corrected chi connectivity index (χ1v) is 6.11. The first-order chi connectivity index (χ1) is 7.78. The first kappa shape index (κ1) is 11.8. The lowest BCUT2D eigenvalue weighted by Gasteiger charge is -2.32. The van der Waals surface area contributed by atoms with Crippen molar-refractivity contribution in [2.45, 2.75) is 31.4 Å². The lowest BCUT2D eigenvalue weighted by Crippen LogP contribution is -2.46. The lowest BCUT2D eigenvalue weighted by molar-refractivity contribution is -0.122. The van der Waals surface area contributed by atoms with Crippen LogP contribution in [-0.4, -0.2) is 55.7 Å². The predicted molar refractivity (Wildman–Crippen MR) is 61.0 cm³/mol. The van der Waals surface area contributed by atoms with Crippen molar-refractivity contribution in [2.75, 3.05) is 32.8 Å². The van der Waals surface area contributed by atoms with E-state index in [1.54, 1.807) is 0 Å². The minimum absolute atomic E-state index is 0.139. The molecule has 1 saturated carbocycles. The van der Waals surface area contributed by atoms with E-state index in [1.165, 1.54) is 0 Å². The summed E-state index contributed by atoms with van der Waals surface area (Å²) in [4.78, 5) is 13.8. The van der Waals surface area contributed by atoms with Crippen LogP contribution in [0.2, 0.25) is 0 Å². The number of amides is 1. The molecule has 0 aromatic carbocycles. The second-order valence-corrected chi connectivity index (χ2v) is 4.62. The molecule has 1 aliphatic carbocycles. The molecular weight excluding hydrogens is 206 g/mol. The molecule has 1 aliphatic heterocycles. The van der Waals surface area contributed by atoms with Gasteiger partial charge in [0.25, 0.3) is 0 Å². The van der Waals surface area contributed by atoms with Crippen LogP contribution in [0, 0.1) is 0 Å². The number of morpholine rings is 1. The van der Waals surface area contributed by atoms with Crippen molar-refractivity contribution in [3.8, 4) is 0 Å². The molecule has 0 aromatic rings. The van der Waals surface area contributed by atoms with Crippen LogP contribution in [0.3, 0.4) is 0 Å². The highest BCUT2D eigenvalue weighted by Gasteiger charge is 2.24. The topological polar surface area (TPSA) is 67.6 Å². The van der Waals surface area contributed by atoms with Crippen LogP contribution in [0.4, 0.5) is 0 Å². The molecule has 2 aliphatic rings. The van der Waals surface area contributed by atoms with Crippen LogP contribution in [0.5, 0.6) is 0 Å². The van der Waals surface area contributed by atoms with Gasteiger partial charge in [0.2, 0.25) is 5.91 Å². The fourth-order valence-electron chi connectivity index (χ4n) is 1.91. The monoisotopic (exact) mass is 227 g/mol. The van der Waals surface area contributed by atoms with Gasteiger partial charge in [-0.1, -0.05) is 0 Å². The van der Waals surface area contributed by atoms with Crippen molar-refractivity contribution >= 4 is 5.91 Å². The summed E-state index contributed by atoms with van der Waals surface area (Å²) in [7, 11) is 0. The third kappa shape index (κ3) is 3.73. The van der Waals surface area contributed by atoms with Gasteiger partial charge in [0.1, 0.15) is 0 Å². The largest absolute Gasteiger partial charge is 0.374 e. The highest BCUT2D eigenvalue weighted by Crippen LogP contribution is 2.18. The average molecular weight is 227 g/mol. The van der Waals surface area contributed by atoms with Crippen molar-refractivity contribution in [3.05, 3.63) is 0 Å². The van der Waals surface area contributed by atoms with Crippen molar-refractivity contribution in [3.63, 3.8) is 0 Å². The Kier molecular flexibility index (Phi) is 4.15. The van der Waals surface area contributed by atoms with Crippen LogP contribution < -0.4 is 11.1 Å². The van der Waals surface area contributed by atoms with Crippen LogP contribution in [-0.2, 0) is 9.53 Å². The van der Waals surface area contributed by atoms with E-state index in [2.05, 4.69) is 10.2 Å². The van der Waals surface area contributed by atoms with Crippen molar-refractivity contribution in [1.29, 1.82) is 0 Å². The molecule has 1 amide bonds. The fourth-order valence-corrected chi connectivity index (χ4v) is 1.91. The second-order valence-electron chi connectivity index (χ2n) is 4.62. The minimum atomic E-state index is 0.139. The number of hydrogen-bond acceptors (Lipinski definition) is 4. The molecule has 0 radical (unpaired) electrons. The molecule has 1 saturated heterocycles. The summed E-state index contributed by atoms with van der Waals surface area (Å²) in [6.45, 7) is 3.87. The Labute approximate surface area is 96.3 Å². The predicted octanol–water partition coefficient (Wildman–Crippen LogP) is -0.685. The molecule has 5 heteroatoms. The van der Waals surface area contributed by atoms with E-state index < -0.39 is 0 Å². The van der Waals surface area contributed by atoms with E-state index >= 15 is 0 Å². The first-order valence-electron chi connectivity index (χ1n) is 6.11. The van der Waals surface area contributed by atoms with Gasteiger partial charge < -0.3 is 15.8 Å². The summed E-state index contributed by atoms with van der Waals surface area (Å²) in [5.41, 5.74) is 5.56. The molecule has 16 heavy (non-hydrogen) atoms. The Hall–Kier alpha value is -0.650. The van der Waals surface area contributed by atoms with E-state index in [9.17, 15) is 4.79 Å². The number of ether oxygens (including phenoxy) is 1. The van der Waals surface area contributed by atoms with Crippen LogP contribution in [0.15, 0.2) is 0 Å². The summed E-state index contributed by atoms with van der Waals surface area (Å²) in [5, 5.41) is 3.00. The number of nitrogens with zero attached hydrogens (tertiary/aromatic N) is 1. The number of hydrogen-bond donors (Lipinski definition) is 2. The van der Waals surface area contributed by atoms with Crippen molar-refractivity contribution in [2.24, 2.45) is 5.73 Å². The molecule has 0 spiro atoms. The highest BCUT2D eigenvalue weighted by molar-refractivity contribution is 5.76. The normalized spacial score (nSPS) is 26.7. The zero-order chi connectivity index (χ0) is 11.4. The standard InChI is InChI=1S/C11H21N3O2/c12-7-10-8-14(5-6-16-10)4-3-11(15)13-9-1-2-9/h9-10H,1-8,12H2,(H,13,15). The molecule has 92 valence electrons. The summed E-state index contributed by atoms with van der Waals surface area (Å²) in [6.07, 6.45) is 3.03. The summed E-state index contributed by atoms with van der Waals surface area (Å²) in [5.74, 6) is 0.179. The van der Waals surface area contributed by atoms with Gasteiger partial charge in [-0.15, -0.1) is 0 Å². The Morgan fingerprint density at radius 2 is 2.31 bits per heavy atom. The maximum Gasteiger partial charge on any atom is 0.221 e. The number of carbonyl (C=O) groups is 1. The van der Waals surface area contributed by atoms with Crippen LogP contribution >= 0.6 is 0 Å². The van der Waals surface area contributed by atoms with E-state index in [0.717, 1.165) is 39.1 Å². The molecule has 3 N–H and O–H groups in total. The van der Waals surface area contributed by atoms with Crippen molar-refractivity contribution < 1.29 is 9.53 Å². The van der Waals surface area contributed by atoms with Gasteiger partial charge in [-0.2, -0.15) is 0 Å². The smallest absolute Gasteiger partial charge is 0.221 e. The zero-order valence-corrected chi connectivity index (χ0v) is 9.65. The summed E-state index contributed by atoms with van der Waals surface area (Å²) < 4.78 is 5.47. The fraction of sp³-hybridized carbons (Fsp3) is 0.909. The summed E-state index contributed by atoms with van der Waals surface area (Å²) in [6, 6.07) is 0.467. The number of carbonyl (C=O) groups excluding carboxylic acids is 1. The minimum Gasteiger partial charge on any atom is -0.374 e. The van der Waals surface area contributed by atoms with Gasteiger partial charge in [0.15, 0.2) is 0 Å². The number of nitrogens with two attached hydrogens (primary N) is 1. The maximum absolute atomic E-state index is 11.5. The Balaban J connectivity index is 1.62. The molecule has 0 aromatic heterocycles. The number of rotatable bonds is 5. The second kappa shape index (κ2) is 5.61. The Bertz CT molecular complexity index is 243. The zero-order valence-electron chi connectivity index (χ0n) is 9.65. The molecule has 0 bridgehead atoms. The molecular formula is C11H21N3O2. The molecule has 2 fully saturated rings. The quantitative estimate of drug-likeness (QED) is 0.652. The van der Waals surface area contributed by atoms with Crippen molar-refractivity contribution in [1.82, 2.24) is 10.2 Å². The SMILES string of the molecule is NCC1CN(CCC(=O)NC2CC2)CCO1. The summed E-state index contributed by atoms with van der Waals surface area (Å²) >= 11 is 0. The lowest BCUT2D eigenvalue weighted by atomic mass is 10.2. The van der Waals surface area contributed by atoms with Gasteiger partial charge in [-0.3, -0.25) is 9.69 Å². The molecule has 1 heterocycles. The van der Waals surface area contributed by atoms with Gasteiger partial charge in [0.05, 0.1) is 12.7 Å². The van der Waals surface area contributed by atoms with Gasteiger partial charge in [0, 0.05) is 38.6 Å². The van der Waals surface area contributed by atoms with E-state index in [-0.39, 0.29) is 12.0 Å². The van der Waals surface area contributed by atoms with E-state index in [0.29, 0.717) is 19.0 Å². The molecule has 5 nitrogen and oxygen atoms in total.